The molecule has 1 rings (SSSR count). The second-order valence-corrected chi connectivity index (χ2v) is 4.03. The number of hydrogen-bond donors (Lipinski definition) is 1. The molecule has 1 N–H and O–H groups in total. The summed E-state index contributed by atoms with van der Waals surface area (Å²) in [7, 11) is 1.21. The first kappa shape index (κ1) is 16.6. The zero-order valence-corrected chi connectivity index (χ0v) is 12.1. The van der Waals surface area contributed by atoms with Crippen LogP contribution in [0.4, 0.5) is 9.59 Å². The van der Waals surface area contributed by atoms with Gasteiger partial charge in [-0.05, 0) is 18.6 Å². The number of amides is 1. The van der Waals surface area contributed by atoms with Gasteiger partial charge in [0.25, 0.3) is 0 Å². The van der Waals surface area contributed by atoms with Gasteiger partial charge in [0, 0.05) is 0 Å². The molecule has 0 saturated carbocycles. The molecule has 0 aliphatic carbocycles. The molecule has 0 fully saturated rings. The Morgan fingerprint density at radius 2 is 2.00 bits per heavy atom. The summed E-state index contributed by atoms with van der Waals surface area (Å²) in [6, 6.07) is 8.44. The minimum atomic E-state index is -0.855. The van der Waals surface area contributed by atoms with Crippen LogP contribution in [0.3, 0.4) is 0 Å². The summed E-state index contributed by atoms with van der Waals surface area (Å²) in [5.74, 6) is 0. The molecule has 0 saturated heterocycles. The predicted octanol–water partition coefficient (Wildman–Crippen LogP) is 2.81. The van der Waals surface area contributed by atoms with Gasteiger partial charge in [0.1, 0.15) is 6.10 Å². The standard InChI is InChI=1S/C15H19NO5/c1-4-12(21-15(18)19-3)13(16-14(17)20-5-2)11-9-7-6-8-10-11/h4,6-10,12-13H,1,5H2,2-3H3,(H,16,17)/t12-,13+/m0/s1. The van der Waals surface area contributed by atoms with Crippen molar-refractivity contribution in [2.24, 2.45) is 0 Å². The highest BCUT2D eigenvalue weighted by atomic mass is 16.7. The molecule has 2 atom stereocenters. The highest BCUT2D eigenvalue weighted by Crippen LogP contribution is 2.21. The minimum Gasteiger partial charge on any atom is -0.450 e. The number of alkyl carbamates (subject to hydrolysis) is 1. The number of hydrogen-bond acceptors (Lipinski definition) is 5. The summed E-state index contributed by atoms with van der Waals surface area (Å²) in [4.78, 5) is 23.0. The Bertz CT molecular complexity index is 474. The van der Waals surface area contributed by atoms with Crippen molar-refractivity contribution in [3.8, 4) is 0 Å². The van der Waals surface area contributed by atoms with Gasteiger partial charge in [0.05, 0.1) is 19.8 Å². The van der Waals surface area contributed by atoms with E-state index in [0.717, 1.165) is 5.56 Å². The number of ether oxygens (including phenoxy) is 3. The maximum atomic E-state index is 11.7. The predicted molar refractivity (Wildman–Crippen MR) is 76.8 cm³/mol. The molecule has 0 aliphatic heterocycles. The van der Waals surface area contributed by atoms with Gasteiger partial charge in [-0.25, -0.2) is 9.59 Å². The Labute approximate surface area is 123 Å². The maximum Gasteiger partial charge on any atom is 0.508 e. The lowest BCUT2D eigenvalue weighted by molar-refractivity contribution is 0.0384. The highest BCUT2D eigenvalue weighted by Gasteiger charge is 2.26. The second-order valence-electron chi connectivity index (χ2n) is 4.03. The van der Waals surface area contributed by atoms with Crippen LogP contribution in [0, 0.1) is 0 Å². The molecule has 0 unspecified atom stereocenters. The SMILES string of the molecule is C=C[C@H](OC(=O)OC)[C@H](NC(=O)OCC)c1ccccc1. The summed E-state index contributed by atoms with van der Waals surface area (Å²) in [6.45, 7) is 5.56. The number of rotatable bonds is 6. The topological polar surface area (TPSA) is 73.9 Å². The van der Waals surface area contributed by atoms with Gasteiger partial charge in [-0.1, -0.05) is 36.9 Å². The fourth-order valence-corrected chi connectivity index (χ4v) is 1.73. The van der Waals surface area contributed by atoms with Crippen molar-refractivity contribution in [3.05, 3.63) is 48.6 Å². The zero-order chi connectivity index (χ0) is 15.7. The van der Waals surface area contributed by atoms with Crippen molar-refractivity contribution in [1.82, 2.24) is 5.32 Å². The van der Waals surface area contributed by atoms with Gasteiger partial charge in [0.15, 0.2) is 0 Å². The first-order valence-corrected chi connectivity index (χ1v) is 6.47. The van der Waals surface area contributed by atoms with Gasteiger partial charge in [-0.3, -0.25) is 0 Å². The van der Waals surface area contributed by atoms with E-state index in [9.17, 15) is 9.59 Å². The third-order valence-corrected chi connectivity index (χ3v) is 2.67. The molecule has 1 amide bonds. The van der Waals surface area contributed by atoms with Crippen molar-refractivity contribution in [2.45, 2.75) is 19.1 Å². The number of benzene rings is 1. The number of carbonyl (C=O) groups excluding carboxylic acids is 2. The van der Waals surface area contributed by atoms with Crippen LogP contribution < -0.4 is 5.32 Å². The number of methoxy groups -OCH3 is 1. The molecular formula is C15H19NO5. The van der Waals surface area contributed by atoms with E-state index in [1.165, 1.54) is 13.2 Å². The molecule has 0 radical (unpaired) electrons. The summed E-state index contributed by atoms with van der Waals surface area (Å²) >= 11 is 0. The largest absolute Gasteiger partial charge is 0.508 e. The number of nitrogens with one attached hydrogen (secondary N) is 1. The van der Waals surface area contributed by atoms with Crippen LogP contribution in [-0.2, 0) is 14.2 Å². The van der Waals surface area contributed by atoms with Crippen LogP contribution in [0.2, 0.25) is 0 Å². The molecule has 114 valence electrons. The lowest BCUT2D eigenvalue weighted by Crippen LogP contribution is -2.38. The van der Waals surface area contributed by atoms with Crippen LogP contribution in [0.1, 0.15) is 18.5 Å². The smallest absolute Gasteiger partial charge is 0.450 e. The summed E-state index contributed by atoms with van der Waals surface area (Å²) < 4.78 is 14.4. The Hall–Kier alpha value is -2.50. The van der Waals surface area contributed by atoms with E-state index >= 15 is 0 Å². The summed E-state index contributed by atoms with van der Waals surface area (Å²) in [6.07, 6.45) is -0.830. The molecule has 0 bridgehead atoms. The highest BCUT2D eigenvalue weighted by molar-refractivity contribution is 5.68. The van der Waals surface area contributed by atoms with Gasteiger partial charge >= 0.3 is 12.2 Å². The number of carbonyl (C=O) groups is 2. The van der Waals surface area contributed by atoms with Crippen LogP contribution in [0.5, 0.6) is 0 Å². The van der Waals surface area contributed by atoms with Gasteiger partial charge in [-0.15, -0.1) is 0 Å². The fourth-order valence-electron chi connectivity index (χ4n) is 1.73. The first-order chi connectivity index (χ1) is 10.1. The first-order valence-electron chi connectivity index (χ1n) is 6.47. The van der Waals surface area contributed by atoms with Crippen LogP contribution in [-0.4, -0.2) is 32.1 Å². The van der Waals surface area contributed by atoms with Crippen LogP contribution in [0.15, 0.2) is 43.0 Å². The molecule has 21 heavy (non-hydrogen) atoms. The van der Waals surface area contributed by atoms with Gasteiger partial charge < -0.3 is 19.5 Å². The fraction of sp³-hybridized carbons (Fsp3) is 0.333. The lowest BCUT2D eigenvalue weighted by Gasteiger charge is -2.25. The lowest BCUT2D eigenvalue weighted by atomic mass is 10.0. The molecular weight excluding hydrogens is 274 g/mol. The third kappa shape index (κ3) is 5.18. The monoisotopic (exact) mass is 293 g/mol. The molecule has 0 aliphatic rings. The van der Waals surface area contributed by atoms with Crippen molar-refractivity contribution in [3.63, 3.8) is 0 Å². The van der Waals surface area contributed by atoms with Gasteiger partial charge in [-0.2, -0.15) is 0 Å². The molecule has 6 nitrogen and oxygen atoms in total. The van der Waals surface area contributed by atoms with Gasteiger partial charge in [0.2, 0.25) is 0 Å². The molecule has 0 heterocycles. The molecule has 0 aromatic heterocycles. The van der Waals surface area contributed by atoms with Crippen molar-refractivity contribution in [2.75, 3.05) is 13.7 Å². The Morgan fingerprint density at radius 1 is 1.33 bits per heavy atom. The Balaban J connectivity index is 2.96. The molecule has 1 aromatic carbocycles. The second kappa shape index (κ2) is 8.63. The van der Waals surface area contributed by atoms with E-state index in [-0.39, 0.29) is 6.61 Å². The quantitative estimate of drug-likeness (QED) is 0.645. The van der Waals surface area contributed by atoms with Crippen LogP contribution >= 0.6 is 0 Å². The summed E-state index contributed by atoms with van der Waals surface area (Å²) in [5, 5.41) is 2.65. The van der Waals surface area contributed by atoms with E-state index in [0.29, 0.717) is 0 Å². The summed E-state index contributed by atoms with van der Waals surface area (Å²) in [5.41, 5.74) is 0.749. The third-order valence-electron chi connectivity index (χ3n) is 2.67. The average Bonchev–Trinajstić information content (AvgIpc) is 2.51. The minimum absolute atomic E-state index is 0.240. The van der Waals surface area contributed by atoms with E-state index in [2.05, 4.69) is 16.6 Å². The van der Waals surface area contributed by atoms with E-state index in [1.54, 1.807) is 19.1 Å². The molecule has 1 aromatic rings. The maximum absolute atomic E-state index is 11.7. The van der Waals surface area contributed by atoms with Crippen molar-refractivity contribution < 1.29 is 23.8 Å². The molecule has 6 heteroatoms. The van der Waals surface area contributed by atoms with E-state index in [4.69, 9.17) is 9.47 Å². The zero-order valence-electron chi connectivity index (χ0n) is 12.1. The Morgan fingerprint density at radius 3 is 2.52 bits per heavy atom. The molecule has 0 spiro atoms. The van der Waals surface area contributed by atoms with Crippen molar-refractivity contribution >= 4 is 12.2 Å². The normalized spacial score (nSPS) is 12.7. The average molecular weight is 293 g/mol. The van der Waals surface area contributed by atoms with E-state index in [1.807, 2.05) is 18.2 Å². The van der Waals surface area contributed by atoms with E-state index < -0.39 is 24.4 Å². The van der Waals surface area contributed by atoms with Crippen LogP contribution in [0.25, 0.3) is 0 Å². The van der Waals surface area contributed by atoms with Crippen molar-refractivity contribution in [1.29, 1.82) is 0 Å². The Kier molecular flexibility index (Phi) is 6.80.